The van der Waals surface area contributed by atoms with Crippen LogP contribution in [-0.4, -0.2) is 193 Å². The predicted molar refractivity (Wildman–Crippen MR) is 260 cm³/mol. The van der Waals surface area contributed by atoms with Crippen molar-refractivity contribution in [3.05, 3.63) is 23.8 Å². The zero-order valence-corrected chi connectivity index (χ0v) is 44.1. The minimum absolute atomic E-state index is 0.107. The number of aliphatic hydroxyl groups is 10. The van der Waals surface area contributed by atoms with Crippen LogP contribution in [0.15, 0.2) is 23.8 Å². The Bertz CT molecular complexity index is 2110. The summed E-state index contributed by atoms with van der Waals surface area (Å²) >= 11 is 0. The molecule has 9 fully saturated rings. The number of amides is 1. The molecule has 11 N–H and O–H groups in total. The van der Waals surface area contributed by atoms with Gasteiger partial charge in [0.05, 0.1) is 25.9 Å². The van der Waals surface area contributed by atoms with Gasteiger partial charge in [0, 0.05) is 11.5 Å². The number of allylic oxidation sites excluding steroid dienone is 3. The fourth-order valence-electron chi connectivity index (χ4n) is 16.5. The second-order valence-corrected chi connectivity index (χ2v) is 25.0. The van der Waals surface area contributed by atoms with Crippen LogP contribution in [0, 0.1) is 56.7 Å². The van der Waals surface area contributed by atoms with Gasteiger partial charge in [-0.2, -0.15) is 0 Å². The van der Waals surface area contributed by atoms with Gasteiger partial charge in [0.2, 0.25) is 5.91 Å². The number of ether oxygens (including phenoxy) is 7. The maximum absolute atomic E-state index is 13.1. The molecule has 420 valence electrons. The Kier molecular flexibility index (Phi) is 15.9. The van der Waals surface area contributed by atoms with Crippen molar-refractivity contribution in [1.29, 1.82) is 0 Å². The lowest BCUT2D eigenvalue weighted by atomic mass is 9.42. The first kappa shape index (κ1) is 56.5. The normalized spacial score (nSPS) is 52.4. The van der Waals surface area contributed by atoms with E-state index >= 15 is 0 Å². The third-order valence-electron chi connectivity index (χ3n) is 21.3. The highest BCUT2D eigenvalue weighted by Gasteiger charge is 2.82. The van der Waals surface area contributed by atoms with Crippen LogP contribution in [0.25, 0.3) is 0 Å². The lowest BCUT2D eigenvalue weighted by molar-refractivity contribution is -0.380. The number of nitrogens with one attached hydrogen (secondary N) is 1. The number of cyclic esters (lactones) is 1. The molecule has 9 aliphatic rings. The second kappa shape index (κ2) is 20.8. The monoisotopic (exact) mass is 1050 g/mol. The molecule has 1 amide bonds. The average Bonchev–Trinajstić information content (AvgIpc) is 3.87. The number of carbonyl (C=O) groups is 2. The molecule has 5 saturated carbocycles. The van der Waals surface area contributed by atoms with Crippen LogP contribution in [0.5, 0.6) is 0 Å². The van der Waals surface area contributed by atoms with E-state index in [9.17, 15) is 60.7 Å². The lowest BCUT2D eigenvalue weighted by Crippen LogP contribution is -2.66. The summed E-state index contributed by atoms with van der Waals surface area (Å²) in [5.41, 5.74) is 0.713. The van der Waals surface area contributed by atoms with Crippen molar-refractivity contribution in [3.63, 3.8) is 0 Å². The standard InChI is InChI=1S/C54H85NO19/c1-24(10-9-11-25(2)45(66)55-35-26(3)27(4)69-46(35)67)28-14-16-52(8)33-13-12-32-50(5,6)34(15-17-53(32)23-54(33,53)19-18-51(28,52)7)73-49-44(41(63)37(59)30(21-57)71-49)74-48-43(65)40(62)38(60)31(72-48)22-68-47-42(64)39(61)36(58)29(20-56)70-47/h9-11,24,26-44,47-49,56-65H,12-23H2,1-8H3,(H,55,66)/b10-9+,25-11+/t24-,26?,27?,28-,29-,30-,31-,32+,33+,34+,35?,36-,37-,38-,39+,40+,41+,42-,43-,44-,47-,48+,49+,51-,52+,53-,54+/m1/s1. The van der Waals surface area contributed by atoms with Crippen LogP contribution in [-0.2, 0) is 42.7 Å². The van der Waals surface area contributed by atoms with Crippen LogP contribution in [0.4, 0.5) is 0 Å². The van der Waals surface area contributed by atoms with Gasteiger partial charge < -0.3 is 89.5 Å². The smallest absolute Gasteiger partial charge is 0.329 e. The first-order valence-corrected chi connectivity index (χ1v) is 27.2. The van der Waals surface area contributed by atoms with Gasteiger partial charge in [0.1, 0.15) is 85.4 Å². The molecule has 20 heteroatoms. The summed E-state index contributed by atoms with van der Waals surface area (Å²) in [5, 5.41) is 109. The molecule has 4 aliphatic heterocycles. The number of fused-ring (bicyclic) bond motifs is 2. The third-order valence-corrected chi connectivity index (χ3v) is 21.3. The molecule has 0 radical (unpaired) electrons. The summed E-state index contributed by atoms with van der Waals surface area (Å²) in [5.74, 6) is 0.835. The summed E-state index contributed by atoms with van der Waals surface area (Å²) in [6.45, 7) is 15.4. The minimum Gasteiger partial charge on any atom is -0.461 e. The molecule has 0 aromatic heterocycles. The second-order valence-electron chi connectivity index (χ2n) is 25.0. The fourth-order valence-corrected chi connectivity index (χ4v) is 16.5. The van der Waals surface area contributed by atoms with Gasteiger partial charge in [-0.25, -0.2) is 4.79 Å². The Balaban J connectivity index is 0.858. The molecule has 5 aliphatic carbocycles. The molecule has 3 unspecified atom stereocenters. The highest BCUT2D eigenvalue weighted by atomic mass is 16.8. The van der Waals surface area contributed by atoms with Gasteiger partial charge >= 0.3 is 5.97 Å². The molecule has 27 atom stereocenters. The van der Waals surface area contributed by atoms with E-state index in [-0.39, 0.29) is 45.5 Å². The Labute approximate surface area is 433 Å². The molecular weight excluding hydrogens is 967 g/mol. The molecule has 74 heavy (non-hydrogen) atoms. The van der Waals surface area contributed by atoms with Crippen molar-refractivity contribution in [3.8, 4) is 0 Å². The van der Waals surface area contributed by atoms with Gasteiger partial charge in [-0.15, -0.1) is 0 Å². The highest BCUT2D eigenvalue weighted by Crippen LogP contribution is 2.89. The first-order chi connectivity index (χ1) is 34.8. The summed E-state index contributed by atoms with van der Waals surface area (Å²) < 4.78 is 41.4. The van der Waals surface area contributed by atoms with Crippen LogP contribution < -0.4 is 5.32 Å². The Morgan fingerprint density at radius 3 is 1.95 bits per heavy atom. The van der Waals surface area contributed by atoms with E-state index in [2.05, 4.69) is 46.0 Å². The molecule has 2 spiro atoms. The van der Waals surface area contributed by atoms with Crippen LogP contribution in [0.3, 0.4) is 0 Å². The molecule has 0 bridgehead atoms. The van der Waals surface area contributed by atoms with E-state index in [1.54, 1.807) is 6.92 Å². The maximum Gasteiger partial charge on any atom is 0.329 e. The fraction of sp³-hybridized carbons (Fsp3) is 0.889. The molecule has 0 aromatic carbocycles. The van der Waals surface area contributed by atoms with E-state index in [1.165, 1.54) is 0 Å². The van der Waals surface area contributed by atoms with Crippen molar-refractivity contribution in [2.75, 3.05) is 19.8 Å². The van der Waals surface area contributed by atoms with Crippen molar-refractivity contribution in [2.45, 2.75) is 224 Å². The van der Waals surface area contributed by atoms with Crippen LogP contribution in [0.2, 0.25) is 0 Å². The topological polar surface area (TPSA) is 313 Å². The number of hydrogen-bond donors (Lipinski definition) is 11. The molecular formula is C54H85NO19. The number of carbonyl (C=O) groups excluding carboxylic acids is 2. The average molecular weight is 1050 g/mol. The predicted octanol–water partition coefficient (Wildman–Crippen LogP) is 0.464. The number of aliphatic hydroxyl groups excluding tert-OH is 10. The Morgan fingerprint density at radius 1 is 0.703 bits per heavy atom. The van der Waals surface area contributed by atoms with Crippen molar-refractivity contribution < 1.29 is 93.8 Å². The van der Waals surface area contributed by atoms with E-state index in [0.717, 1.165) is 51.4 Å². The highest BCUT2D eigenvalue weighted by molar-refractivity contribution is 5.96. The molecule has 9 rings (SSSR count). The zero-order chi connectivity index (χ0) is 53.8. The molecule has 0 aromatic rings. The lowest BCUT2D eigenvalue weighted by Gasteiger charge is -2.63. The number of rotatable bonds is 14. The van der Waals surface area contributed by atoms with Gasteiger partial charge in [-0.3, -0.25) is 4.79 Å². The quantitative estimate of drug-likeness (QED) is 0.0488. The SMILES string of the molecule is C/C(=C\C=C\[C@@H](C)[C@H]1CC[C@@]2(C)[C@@H]3CC[C@H]4C(C)(C)[C@@H](O[C@@H]5O[C@H](CO)[C@@H](O)[C@H](O)[C@H]5O[C@@H]5O[C@H](CO[C@@H]6O[C@H](CO)[C@@H](O)[C@H](O)[C@H]6O)[C@@H](O)[C@H](O)[C@H]5O)CC[C@@]45C[C@@]35CC[C@]12C)C(=O)NC1C(=O)OC(C)C1C. The van der Waals surface area contributed by atoms with Crippen molar-refractivity contribution in [1.82, 2.24) is 5.32 Å². The van der Waals surface area contributed by atoms with Gasteiger partial charge in [-0.05, 0) is 122 Å². The van der Waals surface area contributed by atoms with E-state index < -0.39 is 135 Å². The Morgan fingerprint density at radius 2 is 1.30 bits per heavy atom. The molecule has 4 heterocycles. The van der Waals surface area contributed by atoms with Gasteiger partial charge in [0.15, 0.2) is 18.9 Å². The molecule has 20 nitrogen and oxygen atoms in total. The van der Waals surface area contributed by atoms with Crippen molar-refractivity contribution in [2.24, 2.45) is 56.7 Å². The summed E-state index contributed by atoms with van der Waals surface area (Å²) in [4.78, 5) is 25.4. The van der Waals surface area contributed by atoms with E-state index in [1.807, 2.05) is 26.0 Å². The first-order valence-electron chi connectivity index (χ1n) is 27.2. The summed E-state index contributed by atoms with van der Waals surface area (Å²) in [7, 11) is 0. The minimum atomic E-state index is -1.89. The van der Waals surface area contributed by atoms with E-state index in [4.69, 9.17) is 33.2 Å². The summed E-state index contributed by atoms with van der Waals surface area (Å²) in [6.07, 6.45) is -9.49. The number of esters is 1. The van der Waals surface area contributed by atoms with Gasteiger partial charge in [0.25, 0.3) is 0 Å². The third kappa shape index (κ3) is 9.07. The number of hydrogen-bond acceptors (Lipinski definition) is 19. The maximum atomic E-state index is 13.1. The Hall–Kier alpha value is -2.22. The zero-order valence-electron chi connectivity index (χ0n) is 44.1. The van der Waals surface area contributed by atoms with Gasteiger partial charge in [-0.1, -0.05) is 59.8 Å². The molecule has 4 saturated heterocycles. The van der Waals surface area contributed by atoms with Crippen molar-refractivity contribution >= 4 is 11.9 Å². The summed E-state index contributed by atoms with van der Waals surface area (Å²) in [6, 6.07) is -0.653. The van der Waals surface area contributed by atoms with E-state index in [0.29, 0.717) is 29.7 Å². The van der Waals surface area contributed by atoms with Crippen LogP contribution in [0.1, 0.15) is 113 Å². The largest absolute Gasteiger partial charge is 0.461 e. The van der Waals surface area contributed by atoms with Crippen LogP contribution >= 0.6 is 0 Å².